The molecule has 2 aromatic carbocycles. The third kappa shape index (κ3) is 5.89. The number of carbonyl (C=O) groups is 2. The molecule has 236 valence electrons. The minimum Gasteiger partial charge on any atom is -0.382 e. The number of halogens is 1. The first kappa shape index (κ1) is 30.4. The zero-order valence-corrected chi connectivity index (χ0v) is 26.3. The number of aromatic nitrogens is 1. The molecule has 0 atom stereocenters. The number of hydrogen-bond acceptors (Lipinski definition) is 6. The van der Waals surface area contributed by atoms with Crippen molar-refractivity contribution in [2.24, 2.45) is 11.1 Å². The highest BCUT2D eigenvalue weighted by atomic mass is 32.2. The normalized spacial score (nSPS) is 23.2. The second-order valence-electron chi connectivity index (χ2n) is 13.4. The smallest absolute Gasteiger partial charge is 0.317 e. The molecule has 1 saturated heterocycles. The Hall–Kier alpha value is -3.64. The zero-order valence-electron chi connectivity index (χ0n) is 25.5. The lowest BCUT2D eigenvalue weighted by Crippen LogP contribution is -2.53. The molecule has 1 saturated carbocycles. The van der Waals surface area contributed by atoms with Gasteiger partial charge in [-0.2, -0.15) is 0 Å². The van der Waals surface area contributed by atoms with Crippen LogP contribution in [0.15, 0.2) is 36.4 Å². The lowest BCUT2D eigenvalue weighted by Gasteiger charge is -2.35. The summed E-state index contributed by atoms with van der Waals surface area (Å²) in [5.41, 5.74) is 8.55. The molecule has 6 rings (SSSR count). The van der Waals surface area contributed by atoms with Crippen molar-refractivity contribution >= 4 is 38.6 Å². The van der Waals surface area contributed by atoms with E-state index in [9.17, 15) is 22.4 Å². The number of urea groups is 1. The molecule has 10 nitrogen and oxygen atoms in total. The average Bonchev–Trinajstić information content (AvgIpc) is 3.26. The molecule has 3 aliphatic rings. The summed E-state index contributed by atoms with van der Waals surface area (Å²) in [6.45, 7) is 7.04. The maximum absolute atomic E-state index is 14.4. The standard InChI is InChI=1S/C32H41FN6O4S/c1-32(2)18-28-29(25-11-5-21(33)17-27(25)39(28)44(42,43)19-32)20-4-10-24(30(34)40)26(16-20)35-22-6-8-23(9-7-22)36-31(41)38-14-12-37(3)13-15-38/h4-5,10-11,16-17,22-23,35H,6-9,12-15,18-19H2,1-3H3,(H2,34,40)(H,36,41). The van der Waals surface area contributed by atoms with Gasteiger partial charge in [0.05, 0.1) is 16.8 Å². The van der Waals surface area contributed by atoms with Crippen molar-refractivity contribution in [2.45, 2.75) is 58.0 Å². The number of anilines is 1. The molecule has 0 radical (unpaired) electrons. The van der Waals surface area contributed by atoms with E-state index in [1.54, 1.807) is 18.2 Å². The lowest BCUT2D eigenvalue weighted by molar-refractivity contribution is 0.100. The second-order valence-corrected chi connectivity index (χ2v) is 15.2. The van der Waals surface area contributed by atoms with Gasteiger partial charge in [-0.1, -0.05) is 19.9 Å². The highest BCUT2D eigenvalue weighted by Gasteiger charge is 2.39. The molecule has 3 aromatic rings. The van der Waals surface area contributed by atoms with Crippen molar-refractivity contribution in [3.8, 4) is 11.1 Å². The summed E-state index contributed by atoms with van der Waals surface area (Å²) in [5, 5.41) is 7.36. The van der Waals surface area contributed by atoms with Crippen LogP contribution in [-0.4, -0.2) is 85.2 Å². The van der Waals surface area contributed by atoms with E-state index < -0.39 is 27.2 Å². The van der Waals surface area contributed by atoms with Gasteiger partial charge in [-0.3, -0.25) is 4.79 Å². The number of carbonyl (C=O) groups excluding carboxylic acids is 2. The third-order valence-corrected chi connectivity index (χ3v) is 11.4. The van der Waals surface area contributed by atoms with Crippen molar-refractivity contribution in [1.29, 1.82) is 0 Å². The first-order valence-electron chi connectivity index (χ1n) is 15.3. The number of primary amides is 1. The van der Waals surface area contributed by atoms with Crippen LogP contribution in [0.2, 0.25) is 0 Å². The van der Waals surface area contributed by atoms with Gasteiger partial charge in [0.15, 0.2) is 0 Å². The predicted octanol–water partition coefficient (Wildman–Crippen LogP) is 3.99. The van der Waals surface area contributed by atoms with Crippen LogP contribution < -0.4 is 16.4 Å². The van der Waals surface area contributed by atoms with Crippen LogP contribution in [-0.2, 0) is 16.4 Å². The fourth-order valence-corrected chi connectivity index (χ4v) is 9.22. The molecule has 1 aliphatic carbocycles. The van der Waals surface area contributed by atoms with Gasteiger partial charge < -0.3 is 26.2 Å². The van der Waals surface area contributed by atoms with Gasteiger partial charge in [-0.15, -0.1) is 0 Å². The summed E-state index contributed by atoms with van der Waals surface area (Å²) >= 11 is 0. The van der Waals surface area contributed by atoms with Gasteiger partial charge in [0.2, 0.25) is 10.0 Å². The van der Waals surface area contributed by atoms with E-state index >= 15 is 0 Å². The second kappa shape index (κ2) is 11.4. The Labute approximate surface area is 257 Å². The van der Waals surface area contributed by atoms with Crippen molar-refractivity contribution in [3.63, 3.8) is 0 Å². The predicted molar refractivity (Wildman–Crippen MR) is 170 cm³/mol. The molecule has 3 amide bonds. The topological polar surface area (TPSA) is 130 Å². The molecule has 3 heterocycles. The number of piperazine rings is 1. The van der Waals surface area contributed by atoms with E-state index in [-0.39, 0.29) is 23.9 Å². The SMILES string of the molecule is CN1CCN(C(=O)NC2CCC(Nc3cc(-c4c5n(c6cc(F)ccc46)S(=O)(=O)CC(C)(C)C5)ccc3C(N)=O)CC2)CC1. The minimum absolute atomic E-state index is 0.00794. The van der Waals surface area contributed by atoms with Gasteiger partial charge in [-0.25, -0.2) is 21.6 Å². The van der Waals surface area contributed by atoms with Gasteiger partial charge >= 0.3 is 6.03 Å². The van der Waals surface area contributed by atoms with E-state index in [1.165, 1.54) is 16.1 Å². The third-order valence-electron chi connectivity index (χ3n) is 9.26. The van der Waals surface area contributed by atoms with E-state index in [4.69, 9.17) is 5.73 Å². The number of amides is 3. The van der Waals surface area contributed by atoms with Crippen LogP contribution in [0, 0.1) is 11.2 Å². The number of rotatable bonds is 5. The molecule has 2 aliphatic heterocycles. The molecule has 4 N–H and O–H groups in total. The molecule has 44 heavy (non-hydrogen) atoms. The number of nitrogens with two attached hydrogens (primary N) is 1. The lowest BCUT2D eigenvalue weighted by atomic mass is 9.87. The van der Waals surface area contributed by atoms with Crippen LogP contribution in [0.25, 0.3) is 22.0 Å². The first-order chi connectivity index (χ1) is 20.8. The highest BCUT2D eigenvalue weighted by Crippen LogP contribution is 2.44. The molecule has 2 fully saturated rings. The number of nitrogens with one attached hydrogen (secondary N) is 2. The fraction of sp³-hybridized carbons (Fsp3) is 0.500. The summed E-state index contributed by atoms with van der Waals surface area (Å²) in [6.07, 6.45) is 3.69. The Morgan fingerprint density at radius 1 is 0.977 bits per heavy atom. The first-order valence-corrected chi connectivity index (χ1v) is 16.9. The number of benzene rings is 2. The molecular weight excluding hydrogens is 583 g/mol. The van der Waals surface area contributed by atoms with E-state index in [2.05, 4.69) is 22.6 Å². The van der Waals surface area contributed by atoms with E-state index in [1.807, 2.05) is 24.8 Å². The number of fused-ring (bicyclic) bond motifs is 3. The van der Waals surface area contributed by atoms with Crippen LogP contribution in [0.3, 0.4) is 0 Å². The average molecular weight is 625 g/mol. The van der Waals surface area contributed by atoms with Gasteiger partial charge in [0.1, 0.15) is 5.82 Å². The Kier molecular flexibility index (Phi) is 7.86. The summed E-state index contributed by atoms with van der Waals surface area (Å²) in [6, 6.07) is 9.69. The van der Waals surface area contributed by atoms with Crippen LogP contribution >= 0.6 is 0 Å². The van der Waals surface area contributed by atoms with Crippen LogP contribution in [0.1, 0.15) is 55.6 Å². The van der Waals surface area contributed by atoms with Gasteiger partial charge in [0.25, 0.3) is 5.91 Å². The molecule has 0 bridgehead atoms. The summed E-state index contributed by atoms with van der Waals surface area (Å²) < 4.78 is 42.6. The van der Waals surface area contributed by atoms with Crippen molar-refractivity contribution in [2.75, 3.05) is 44.3 Å². The molecule has 12 heteroatoms. The summed E-state index contributed by atoms with van der Waals surface area (Å²) in [4.78, 5) is 29.3. The maximum atomic E-state index is 14.4. The Morgan fingerprint density at radius 2 is 1.66 bits per heavy atom. The Bertz CT molecular complexity index is 1720. The highest BCUT2D eigenvalue weighted by molar-refractivity contribution is 7.90. The largest absolute Gasteiger partial charge is 0.382 e. The number of nitrogens with zero attached hydrogens (tertiary/aromatic N) is 3. The summed E-state index contributed by atoms with van der Waals surface area (Å²) in [5.74, 6) is -1.12. The van der Waals surface area contributed by atoms with Crippen LogP contribution in [0.4, 0.5) is 14.9 Å². The van der Waals surface area contributed by atoms with Gasteiger partial charge in [-0.05, 0) is 80.5 Å². The molecular formula is C32H41FN6O4S. The quantitative estimate of drug-likeness (QED) is 0.394. The Balaban J connectivity index is 1.27. The zero-order chi connectivity index (χ0) is 31.4. The van der Waals surface area contributed by atoms with Crippen molar-refractivity contribution in [3.05, 3.63) is 53.5 Å². The Morgan fingerprint density at radius 3 is 2.34 bits per heavy atom. The van der Waals surface area contributed by atoms with Crippen molar-refractivity contribution in [1.82, 2.24) is 19.1 Å². The van der Waals surface area contributed by atoms with E-state index in [0.29, 0.717) is 39.8 Å². The van der Waals surface area contributed by atoms with Crippen molar-refractivity contribution < 1.29 is 22.4 Å². The van der Waals surface area contributed by atoms with E-state index in [0.717, 1.165) is 57.4 Å². The number of likely N-dealkylation sites (N-methyl/N-ethyl adjacent to an activating group) is 1. The number of hydrogen-bond donors (Lipinski definition) is 3. The molecule has 0 spiro atoms. The monoisotopic (exact) mass is 624 g/mol. The van der Waals surface area contributed by atoms with Crippen LogP contribution in [0.5, 0.6) is 0 Å². The minimum atomic E-state index is -3.73. The maximum Gasteiger partial charge on any atom is 0.317 e. The fourth-order valence-electron chi connectivity index (χ4n) is 7.06. The van der Waals surface area contributed by atoms with Gasteiger partial charge in [0, 0.05) is 60.6 Å². The summed E-state index contributed by atoms with van der Waals surface area (Å²) in [7, 11) is -1.67. The molecule has 1 aromatic heterocycles. The molecule has 0 unspecified atom stereocenters.